The van der Waals surface area contributed by atoms with Crippen LogP contribution in [-0.4, -0.2) is 24.8 Å². The Labute approximate surface area is 72.8 Å². The van der Waals surface area contributed by atoms with Crippen molar-refractivity contribution in [3.05, 3.63) is 0 Å². The molecule has 0 N–H and O–H groups in total. The Balaban J connectivity index is 2.20. The number of hydrogen-bond donors (Lipinski definition) is 0. The first-order valence-electron chi connectivity index (χ1n) is 4.36. The quantitative estimate of drug-likeness (QED) is 0.638. The smallest absolute Gasteiger partial charge is 0.183 e. The molecular weight excluding hydrogens is 154 g/mol. The highest BCUT2D eigenvalue weighted by atomic mass is 16.5. The standard InChI is InChI=1S/C9H15NO2/c1-7(8(2)11)3-4-9-10-5-6-12-9/h7H,3-6H2,1-2H3. The van der Waals surface area contributed by atoms with Crippen molar-refractivity contribution < 1.29 is 9.53 Å². The largest absolute Gasteiger partial charge is 0.479 e. The van der Waals surface area contributed by atoms with Crippen LogP contribution in [-0.2, 0) is 9.53 Å². The molecule has 3 heteroatoms. The number of ketones is 1. The van der Waals surface area contributed by atoms with Gasteiger partial charge in [0.15, 0.2) is 5.90 Å². The minimum Gasteiger partial charge on any atom is -0.479 e. The summed E-state index contributed by atoms with van der Waals surface area (Å²) >= 11 is 0. The predicted molar refractivity (Wildman–Crippen MR) is 47.3 cm³/mol. The summed E-state index contributed by atoms with van der Waals surface area (Å²) in [6.07, 6.45) is 1.66. The average Bonchev–Trinajstić information content (AvgIpc) is 2.51. The van der Waals surface area contributed by atoms with Crippen molar-refractivity contribution >= 4 is 11.7 Å². The summed E-state index contributed by atoms with van der Waals surface area (Å²) in [5, 5.41) is 0. The van der Waals surface area contributed by atoms with Crippen molar-refractivity contribution in [2.75, 3.05) is 13.2 Å². The highest BCUT2D eigenvalue weighted by Crippen LogP contribution is 2.09. The lowest BCUT2D eigenvalue weighted by Crippen LogP contribution is -2.09. The van der Waals surface area contributed by atoms with Gasteiger partial charge < -0.3 is 4.74 Å². The monoisotopic (exact) mass is 169 g/mol. The zero-order valence-corrected chi connectivity index (χ0v) is 7.67. The van der Waals surface area contributed by atoms with Gasteiger partial charge in [-0.2, -0.15) is 0 Å². The van der Waals surface area contributed by atoms with Crippen molar-refractivity contribution in [3.8, 4) is 0 Å². The van der Waals surface area contributed by atoms with Gasteiger partial charge in [-0.25, -0.2) is 0 Å². The number of aliphatic imine (C=N–C) groups is 1. The Morgan fingerprint density at radius 2 is 2.50 bits per heavy atom. The van der Waals surface area contributed by atoms with E-state index in [0.717, 1.165) is 25.3 Å². The molecule has 0 radical (unpaired) electrons. The molecular formula is C9H15NO2. The zero-order valence-electron chi connectivity index (χ0n) is 7.67. The fourth-order valence-corrected chi connectivity index (χ4v) is 1.07. The van der Waals surface area contributed by atoms with Gasteiger partial charge in [0.05, 0.1) is 6.54 Å². The lowest BCUT2D eigenvalue weighted by Gasteiger charge is -2.06. The minimum atomic E-state index is 0.136. The van der Waals surface area contributed by atoms with Crippen LogP contribution in [0.4, 0.5) is 0 Å². The Morgan fingerprint density at radius 1 is 1.75 bits per heavy atom. The van der Waals surface area contributed by atoms with Crippen molar-refractivity contribution in [1.82, 2.24) is 0 Å². The van der Waals surface area contributed by atoms with E-state index in [4.69, 9.17) is 4.74 Å². The number of rotatable bonds is 4. The molecule has 0 amide bonds. The molecule has 1 aliphatic heterocycles. The van der Waals surface area contributed by atoms with E-state index >= 15 is 0 Å². The van der Waals surface area contributed by atoms with Gasteiger partial charge in [-0.1, -0.05) is 6.92 Å². The maximum Gasteiger partial charge on any atom is 0.183 e. The van der Waals surface area contributed by atoms with Crippen LogP contribution in [0.5, 0.6) is 0 Å². The first kappa shape index (κ1) is 9.23. The van der Waals surface area contributed by atoms with Crippen LogP contribution in [0.15, 0.2) is 4.99 Å². The van der Waals surface area contributed by atoms with Crippen LogP contribution in [0.1, 0.15) is 26.7 Å². The lowest BCUT2D eigenvalue weighted by atomic mass is 10.0. The molecule has 1 rings (SSSR count). The third kappa shape index (κ3) is 2.64. The Bertz CT molecular complexity index is 199. The second kappa shape index (κ2) is 4.24. The van der Waals surface area contributed by atoms with Crippen LogP contribution in [0.25, 0.3) is 0 Å². The van der Waals surface area contributed by atoms with Crippen LogP contribution in [0, 0.1) is 5.92 Å². The predicted octanol–water partition coefficient (Wildman–Crippen LogP) is 1.42. The SMILES string of the molecule is CC(=O)C(C)CCC1=NCCO1. The van der Waals surface area contributed by atoms with Crippen LogP contribution in [0.2, 0.25) is 0 Å². The average molecular weight is 169 g/mol. The molecule has 0 fully saturated rings. The van der Waals surface area contributed by atoms with Crippen molar-refractivity contribution in [1.29, 1.82) is 0 Å². The molecule has 68 valence electrons. The summed E-state index contributed by atoms with van der Waals surface area (Å²) in [5.74, 6) is 1.20. The van der Waals surface area contributed by atoms with Crippen molar-refractivity contribution in [2.24, 2.45) is 10.9 Å². The summed E-state index contributed by atoms with van der Waals surface area (Å²) in [6, 6.07) is 0. The Morgan fingerprint density at radius 3 is 3.00 bits per heavy atom. The Kier molecular flexibility index (Phi) is 3.26. The van der Waals surface area contributed by atoms with E-state index in [1.54, 1.807) is 6.92 Å². The minimum absolute atomic E-state index is 0.136. The maximum atomic E-state index is 10.9. The summed E-state index contributed by atoms with van der Waals surface area (Å²) in [5.41, 5.74) is 0. The molecule has 0 saturated heterocycles. The third-order valence-corrected chi connectivity index (χ3v) is 2.13. The molecule has 1 aliphatic rings. The topological polar surface area (TPSA) is 38.7 Å². The maximum absolute atomic E-state index is 10.9. The summed E-state index contributed by atoms with van der Waals surface area (Å²) in [4.78, 5) is 15.0. The molecule has 0 aromatic heterocycles. The highest BCUT2D eigenvalue weighted by Gasteiger charge is 2.12. The van der Waals surface area contributed by atoms with Gasteiger partial charge in [0.1, 0.15) is 12.4 Å². The summed E-state index contributed by atoms with van der Waals surface area (Å²) < 4.78 is 5.22. The van der Waals surface area contributed by atoms with Gasteiger partial charge in [0.2, 0.25) is 0 Å². The second-order valence-electron chi connectivity index (χ2n) is 3.17. The van der Waals surface area contributed by atoms with E-state index in [-0.39, 0.29) is 11.7 Å². The fraction of sp³-hybridized carbons (Fsp3) is 0.778. The number of hydrogen-bond acceptors (Lipinski definition) is 3. The highest BCUT2D eigenvalue weighted by molar-refractivity contribution is 5.80. The van der Waals surface area contributed by atoms with Crippen LogP contribution in [0.3, 0.4) is 0 Å². The third-order valence-electron chi connectivity index (χ3n) is 2.13. The molecule has 0 saturated carbocycles. The number of ether oxygens (including phenoxy) is 1. The van der Waals surface area contributed by atoms with Gasteiger partial charge in [0, 0.05) is 12.3 Å². The number of nitrogens with zero attached hydrogens (tertiary/aromatic N) is 1. The summed E-state index contributed by atoms with van der Waals surface area (Å²) in [7, 11) is 0. The van der Waals surface area contributed by atoms with E-state index in [0.29, 0.717) is 6.61 Å². The van der Waals surface area contributed by atoms with Gasteiger partial charge in [-0.05, 0) is 13.3 Å². The second-order valence-corrected chi connectivity index (χ2v) is 3.17. The molecule has 3 nitrogen and oxygen atoms in total. The van der Waals surface area contributed by atoms with E-state index in [2.05, 4.69) is 4.99 Å². The molecule has 1 atom stereocenters. The van der Waals surface area contributed by atoms with E-state index in [1.807, 2.05) is 6.92 Å². The molecule has 0 aromatic rings. The van der Waals surface area contributed by atoms with Crippen molar-refractivity contribution in [2.45, 2.75) is 26.7 Å². The number of Topliss-reactive ketones (excluding diaryl/α,β-unsaturated/α-hetero) is 1. The van der Waals surface area contributed by atoms with Gasteiger partial charge in [0.25, 0.3) is 0 Å². The fourth-order valence-electron chi connectivity index (χ4n) is 1.07. The molecule has 0 aliphatic carbocycles. The number of carbonyl (C=O) groups is 1. The van der Waals surface area contributed by atoms with E-state index in [9.17, 15) is 4.79 Å². The number of carbonyl (C=O) groups excluding carboxylic acids is 1. The van der Waals surface area contributed by atoms with Crippen LogP contribution >= 0.6 is 0 Å². The van der Waals surface area contributed by atoms with Gasteiger partial charge >= 0.3 is 0 Å². The molecule has 0 spiro atoms. The first-order valence-corrected chi connectivity index (χ1v) is 4.36. The normalized spacial score (nSPS) is 18.3. The molecule has 1 unspecified atom stereocenters. The van der Waals surface area contributed by atoms with Crippen molar-refractivity contribution in [3.63, 3.8) is 0 Å². The van der Waals surface area contributed by atoms with E-state index < -0.39 is 0 Å². The first-order chi connectivity index (χ1) is 5.70. The summed E-state index contributed by atoms with van der Waals surface area (Å²) in [6.45, 7) is 5.06. The Hall–Kier alpha value is -0.860. The van der Waals surface area contributed by atoms with Gasteiger partial charge in [-0.3, -0.25) is 9.79 Å². The lowest BCUT2D eigenvalue weighted by molar-refractivity contribution is -0.120. The molecule has 1 heterocycles. The molecule has 12 heavy (non-hydrogen) atoms. The van der Waals surface area contributed by atoms with Crippen LogP contribution < -0.4 is 0 Å². The van der Waals surface area contributed by atoms with Gasteiger partial charge in [-0.15, -0.1) is 0 Å². The molecule has 0 aromatic carbocycles. The van der Waals surface area contributed by atoms with E-state index in [1.165, 1.54) is 0 Å². The molecule has 0 bridgehead atoms. The zero-order chi connectivity index (χ0) is 8.97.